The Bertz CT molecular complexity index is 2320. The number of hydrogen-bond donors (Lipinski definition) is 14. The van der Waals surface area contributed by atoms with Crippen molar-refractivity contribution in [3.63, 3.8) is 0 Å². The molecule has 0 unspecified atom stereocenters. The van der Waals surface area contributed by atoms with Crippen LogP contribution < -0.4 is 53.2 Å². The van der Waals surface area contributed by atoms with Gasteiger partial charge in [0, 0.05) is 6.42 Å². The number of cyclic esters (lactones) is 1. The zero-order valence-electron chi connectivity index (χ0n) is 55.9. The lowest BCUT2D eigenvalue weighted by atomic mass is 9.98. The second kappa shape index (κ2) is 42.6. The first-order valence-electron chi connectivity index (χ1n) is 32.5. The lowest BCUT2D eigenvalue weighted by Crippen LogP contribution is -2.63. The van der Waals surface area contributed by atoms with E-state index in [1.165, 1.54) is 53.9 Å². The molecule has 90 heavy (non-hydrogen) atoms. The molecule has 0 aromatic rings. The Balaban J connectivity index is 3.98. The average molecular weight is 1280 g/mol. The van der Waals surface area contributed by atoms with Crippen LogP contribution in [0.2, 0.25) is 0 Å². The largest absolute Gasteiger partial charge is 0.481 e. The minimum Gasteiger partial charge on any atom is -0.481 e. The SMILES string of the molecule is CCCCCCCCCCC[C@H](O)CC(=O)N[C@@H](CC(C)C)C(=O)N[C@H](CCC(=O)O)C(=O)N[C@H]1C(=O)N[C@H](C(C)C)C(=O)N[C@@H](CC(C)C)C(=O)N[C@H](CO)C(=O)N[C@@H](CC(C)C)C(=O)N[C@@H](CC(C)C)C(=O)N[C@H](CO)C(=O)N[C@@H](C(C)C)C(=O)O[C@@H]1C. The molecule has 10 amide bonds. The van der Waals surface area contributed by atoms with Crippen molar-refractivity contribution in [3.8, 4) is 0 Å². The van der Waals surface area contributed by atoms with Gasteiger partial charge in [-0.2, -0.15) is 0 Å². The summed E-state index contributed by atoms with van der Waals surface area (Å²) >= 11 is 0. The summed E-state index contributed by atoms with van der Waals surface area (Å²) in [6.45, 7) is 21.5. The van der Waals surface area contributed by atoms with Crippen molar-refractivity contribution in [2.45, 2.75) is 279 Å². The first-order valence-corrected chi connectivity index (χ1v) is 32.5. The Morgan fingerprint density at radius 3 is 1.32 bits per heavy atom. The quantitative estimate of drug-likeness (QED) is 0.0337. The molecule has 1 aliphatic rings. The molecule has 0 aromatic carbocycles. The first-order chi connectivity index (χ1) is 42.1. The average Bonchev–Trinajstić information content (AvgIpc) is 1.42. The molecule has 12 atom stereocenters. The molecule has 0 bridgehead atoms. The summed E-state index contributed by atoms with van der Waals surface area (Å²) in [5.74, 6) is -14.8. The number of amides is 10. The molecule has 516 valence electrons. The molecule has 1 aliphatic heterocycles. The number of ether oxygens (including phenoxy) is 1. The van der Waals surface area contributed by atoms with Gasteiger partial charge in [0.25, 0.3) is 0 Å². The minimum atomic E-state index is -1.99. The Kier molecular flexibility index (Phi) is 38.6. The fourth-order valence-electron chi connectivity index (χ4n) is 10.1. The summed E-state index contributed by atoms with van der Waals surface area (Å²) in [4.78, 5) is 168. The van der Waals surface area contributed by atoms with Gasteiger partial charge in [-0.15, -0.1) is 0 Å². The van der Waals surface area contributed by atoms with Crippen molar-refractivity contribution in [3.05, 3.63) is 0 Å². The van der Waals surface area contributed by atoms with Gasteiger partial charge in [0.2, 0.25) is 59.1 Å². The summed E-state index contributed by atoms with van der Waals surface area (Å²) in [7, 11) is 0. The van der Waals surface area contributed by atoms with E-state index in [4.69, 9.17) is 4.74 Å². The van der Waals surface area contributed by atoms with E-state index in [-0.39, 0.29) is 55.8 Å². The second-order valence-corrected chi connectivity index (χ2v) is 26.4. The van der Waals surface area contributed by atoms with E-state index in [1.54, 1.807) is 55.4 Å². The lowest BCUT2D eigenvalue weighted by molar-refractivity contribution is -0.157. The van der Waals surface area contributed by atoms with Crippen LogP contribution in [0.15, 0.2) is 0 Å². The molecule has 0 saturated carbocycles. The maximum atomic E-state index is 14.8. The van der Waals surface area contributed by atoms with Crippen LogP contribution in [0.3, 0.4) is 0 Å². The van der Waals surface area contributed by atoms with E-state index in [1.807, 2.05) is 0 Å². The second-order valence-electron chi connectivity index (χ2n) is 26.4. The summed E-state index contributed by atoms with van der Waals surface area (Å²) in [5, 5.41) is 66.8. The molecular formula is C63H112N10O17. The molecule has 1 rings (SSSR count). The molecule has 14 N–H and O–H groups in total. The topological polar surface area (TPSA) is 415 Å². The highest BCUT2D eigenvalue weighted by molar-refractivity contribution is 5.99. The van der Waals surface area contributed by atoms with Crippen LogP contribution in [0.5, 0.6) is 0 Å². The fourth-order valence-corrected chi connectivity index (χ4v) is 10.1. The van der Waals surface area contributed by atoms with Gasteiger partial charge in [0.1, 0.15) is 66.5 Å². The van der Waals surface area contributed by atoms with Crippen LogP contribution in [0.25, 0.3) is 0 Å². The van der Waals surface area contributed by atoms with Gasteiger partial charge in [-0.25, -0.2) is 4.79 Å². The number of unbranched alkanes of at least 4 members (excludes halogenated alkanes) is 8. The summed E-state index contributed by atoms with van der Waals surface area (Å²) < 4.78 is 5.82. The predicted molar refractivity (Wildman–Crippen MR) is 336 cm³/mol. The fraction of sp³-hybridized carbons (Fsp3) is 0.810. The number of aliphatic hydroxyl groups is 3. The number of hydrogen-bond acceptors (Lipinski definition) is 16. The van der Waals surface area contributed by atoms with Gasteiger partial charge >= 0.3 is 11.9 Å². The molecule has 27 nitrogen and oxygen atoms in total. The first kappa shape index (κ1) is 81.5. The molecule has 27 heteroatoms. The molecule has 1 heterocycles. The number of rotatable bonds is 32. The number of carbonyl (C=O) groups is 12. The van der Waals surface area contributed by atoms with E-state index in [0.29, 0.717) is 12.8 Å². The Hall–Kier alpha value is -6.48. The third-order valence-electron chi connectivity index (χ3n) is 15.2. The maximum absolute atomic E-state index is 14.8. The standard InChI is InChI=1S/C63H112N10O17/c1-15-16-17-18-19-20-21-22-23-24-41(76)31-49(77)64-43(27-34(2)3)55(81)65-42(25-26-50(78)79)54(80)73-53-40(14)90-63(89)52(39(12)13)72-60(86)48(33-75)70-57(83)45(29-36(6)7)66-56(82)44(28-35(4)5)67-59(85)47(32-74)69-58(84)46(30-37(8)9)68-61(87)51(38(10)11)71-62(53)88/h34-48,51-53,74-76H,15-33H2,1-14H3,(H,64,77)(H,65,81)(H,66,82)(H,67,85)(H,68,87)(H,69,84)(H,70,83)(H,71,88)(H,72,86)(H,73,80)(H,78,79)/t40-,41+,42-,43+,44+,45+,46+,47-,48-,51-,52+,53-/m1/s1. The van der Waals surface area contributed by atoms with Crippen molar-refractivity contribution >= 4 is 71.0 Å². The third-order valence-corrected chi connectivity index (χ3v) is 15.2. The highest BCUT2D eigenvalue weighted by Crippen LogP contribution is 2.17. The van der Waals surface area contributed by atoms with Gasteiger partial charge in [0.15, 0.2) is 0 Å². The molecule has 0 aliphatic carbocycles. The zero-order valence-corrected chi connectivity index (χ0v) is 55.9. The molecule has 1 saturated heterocycles. The van der Waals surface area contributed by atoms with Crippen molar-refractivity contribution in [1.29, 1.82) is 0 Å². The van der Waals surface area contributed by atoms with Crippen LogP contribution >= 0.6 is 0 Å². The van der Waals surface area contributed by atoms with E-state index >= 15 is 0 Å². The molecule has 1 fully saturated rings. The van der Waals surface area contributed by atoms with E-state index in [9.17, 15) is 78.0 Å². The number of carboxylic acids is 1. The number of aliphatic hydroxyl groups excluding tert-OH is 3. The van der Waals surface area contributed by atoms with Crippen LogP contribution in [0.1, 0.15) is 206 Å². The Labute approximate surface area is 532 Å². The highest BCUT2D eigenvalue weighted by Gasteiger charge is 2.41. The van der Waals surface area contributed by atoms with Gasteiger partial charge in [-0.1, -0.05) is 148 Å². The van der Waals surface area contributed by atoms with E-state index in [0.717, 1.165) is 32.1 Å². The van der Waals surface area contributed by atoms with E-state index in [2.05, 4.69) is 60.1 Å². The van der Waals surface area contributed by atoms with Crippen molar-refractivity contribution in [2.24, 2.45) is 35.5 Å². The predicted octanol–water partition coefficient (Wildman–Crippen LogP) is 1.80. The van der Waals surface area contributed by atoms with Crippen LogP contribution in [0.4, 0.5) is 0 Å². The summed E-state index contributed by atoms with van der Waals surface area (Å²) in [6.07, 6.45) is 5.57. The number of carbonyl (C=O) groups excluding carboxylic acids is 11. The van der Waals surface area contributed by atoms with Gasteiger partial charge in [-0.3, -0.25) is 52.7 Å². The Morgan fingerprint density at radius 1 is 0.489 bits per heavy atom. The van der Waals surface area contributed by atoms with Crippen molar-refractivity contribution in [1.82, 2.24) is 53.2 Å². The number of carboxylic acid groups (broad SMARTS) is 1. The molecule has 0 aromatic heterocycles. The number of nitrogens with one attached hydrogen (secondary N) is 10. The zero-order chi connectivity index (χ0) is 68.5. The van der Waals surface area contributed by atoms with E-state index < -0.39 is 182 Å². The summed E-state index contributed by atoms with van der Waals surface area (Å²) in [5.41, 5.74) is 0. The van der Waals surface area contributed by atoms with Crippen molar-refractivity contribution < 1.29 is 82.7 Å². The number of aliphatic carboxylic acids is 1. The third kappa shape index (κ3) is 31.5. The summed E-state index contributed by atoms with van der Waals surface area (Å²) in [6, 6.07) is -15.7. The van der Waals surface area contributed by atoms with Gasteiger partial charge in [0.05, 0.1) is 25.7 Å². The normalized spacial score (nSPS) is 23.5. The van der Waals surface area contributed by atoms with Gasteiger partial charge < -0.3 is 78.3 Å². The van der Waals surface area contributed by atoms with Crippen LogP contribution in [0, 0.1) is 35.5 Å². The maximum Gasteiger partial charge on any atom is 0.329 e. The van der Waals surface area contributed by atoms with Gasteiger partial charge in [-0.05, 0) is 81.0 Å². The Morgan fingerprint density at radius 2 is 0.900 bits per heavy atom. The number of esters is 1. The molecule has 0 spiro atoms. The highest BCUT2D eigenvalue weighted by atomic mass is 16.5. The van der Waals surface area contributed by atoms with Crippen molar-refractivity contribution in [2.75, 3.05) is 13.2 Å². The van der Waals surface area contributed by atoms with Crippen LogP contribution in [-0.2, 0) is 62.3 Å². The smallest absolute Gasteiger partial charge is 0.329 e. The minimum absolute atomic E-state index is 0.00535. The molecular weight excluding hydrogens is 1170 g/mol. The van der Waals surface area contributed by atoms with Crippen LogP contribution in [-0.4, -0.2) is 177 Å². The monoisotopic (exact) mass is 1280 g/mol. The molecule has 0 radical (unpaired) electrons. The lowest BCUT2D eigenvalue weighted by Gasteiger charge is -2.32.